The molecule has 1 saturated carbocycles. The fourth-order valence-electron chi connectivity index (χ4n) is 3.27. The van der Waals surface area contributed by atoms with Crippen molar-refractivity contribution in [2.24, 2.45) is 7.05 Å². The van der Waals surface area contributed by atoms with Crippen molar-refractivity contribution in [2.45, 2.75) is 57.6 Å². The van der Waals surface area contributed by atoms with Crippen molar-refractivity contribution in [2.75, 3.05) is 5.32 Å². The molecule has 27 heavy (non-hydrogen) atoms. The van der Waals surface area contributed by atoms with Gasteiger partial charge in [0.05, 0.1) is 12.1 Å². The number of carbonyl (C=O) groups excluding carboxylic acids is 2. The number of H-pyrrole nitrogens is 1. The molecule has 2 amide bonds. The average Bonchev–Trinajstić information content (AvgIpc) is 3.28. The third kappa shape index (κ3) is 5.32. The van der Waals surface area contributed by atoms with Crippen LogP contribution in [0, 0.1) is 0 Å². The van der Waals surface area contributed by atoms with Gasteiger partial charge in [0, 0.05) is 37.0 Å². The van der Waals surface area contributed by atoms with Crippen molar-refractivity contribution < 1.29 is 14.3 Å². The minimum Gasteiger partial charge on any atom is -0.446 e. The molecule has 1 fully saturated rings. The first-order chi connectivity index (χ1) is 12.9. The lowest BCUT2D eigenvalue weighted by Gasteiger charge is -2.14. The number of rotatable bonds is 6. The molecule has 0 aromatic carbocycles. The van der Waals surface area contributed by atoms with Crippen LogP contribution >= 0.6 is 0 Å². The van der Waals surface area contributed by atoms with E-state index in [0.29, 0.717) is 11.5 Å². The van der Waals surface area contributed by atoms with Gasteiger partial charge in [-0.2, -0.15) is 10.2 Å². The van der Waals surface area contributed by atoms with Gasteiger partial charge in [0.1, 0.15) is 6.10 Å². The summed E-state index contributed by atoms with van der Waals surface area (Å²) >= 11 is 0. The van der Waals surface area contributed by atoms with Gasteiger partial charge in [0.25, 0.3) is 0 Å². The molecule has 3 rings (SSSR count). The third-order valence-electron chi connectivity index (χ3n) is 4.48. The highest BCUT2D eigenvalue weighted by Gasteiger charge is 2.30. The number of aryl methyl sites for hydroxylation is 1. The fourth-order valence-corrected chi connectivity index (χ4v) is 3.27. The summed E-state index contributed by atoms with van der Waals surface area (Å²) in [6.07, 6.45) is 4.00. The van der Waals surface area contributed by atoms with E-state index in [1.54, 1.807) is 10.9 Å². The molecule has 2 atom stereocenters. The highest BCUT2D eigenvalue weighted by Crippen LogP contribution is 2.35. The Labute approximate surface area is 157 Å². The predicted octanol–water partition coefficient (Wildman–Crippen LogP) is 2.10. The van der Waals surface area contributed by atoms with Gasteiger partial charge in [-0.25, -0.2) is 4.79 Å². The van der Waals surface area contributed by atoms with Gasteiger partial charge in [-0.3, -0.25) is 14.6 Å². The minimum atomic E-state index is -0.372. The van der Waals surface area contributed by atoms with E-state index < -0.39 is 0 Å². The maximum atomic E-state index is 12.1. The maximum Gasteiger partial charge on any atom is 0.407 e. The van der Waals surface area contributed by atoms with Crippen LogP contribution in [0.15, 0.2) is 18.3 Å². The number of amides is 2. The van der Waals surface area contributed by atoms with Crippen molar-refractivity contribution in [1.82, 2.24) is 25.3 Å². The lowest BCUT2D eigenvalue weighted by atomic mass is 10.0. The number of aromatic nitrogens is 4. The summed E-state index contributed by atoms with van der Waals surface area (Å²) in [5, 5.41) is 16.9. The zero-order valence-electron chi connectivity index (χ0n) is 15.9. The van der Waals surface area contributed by atoms with Crippen LogP contribution in [0.5, 0.6) is 0 Å². The Morgan fingerprint density at radius 2 is 2.22 bits per heavy atom. The van der Waals surface area contributed by atoms with Gasteiger partial charge in [0.15, 0.2) is 5.82 Å². The zero-order chi connectivity index (χ0) is 19.4. The molecule has 2 aromatic rings. The Morgan fingerprint density at radius 3 is 2.93 bits per heavy atom. The molecule has 0 spiro atoms. The summed E-state index contributed by atoms with van der Waals surface area (Å²) in [6, 6.07) is 3.71. The molecule has 1 aliphatic rings. The van der Waals surface area contributed by atoms with Gasteiger partial charge in [0.2, 0.25) is 5.91 Å². The minimum absolute atomic E-state index is 0.0552. The Bertz CT molecular complexity index is 797. The molecular formula is C18H26N6O3. The van der Waals surface area contributed by atoms with Crippen LogP contribution in [0.3, 0.4) is 0 Å². The van der Waals surface area contributed by atoms with Crippen LogP contribution in [0.1, 0.15) is 50.4 Å². The second-order valence-corrected chi connectivity index (χ2v) is 7.25. The molecule has 9 heteroatoms. The summed E-state index contributed by atoms with van der Waals surface area (Å²) in [7, 11) is 1.81. The van der Waals surface area contributed by atoms with Gasteiger partial charge in [-0.05, 0) is 39.2 Å². The van der Waals surface area contributed by atoms with Crippen LogP contribution in [0.25, 0.3) is 0 Å². The molecular weight excluding hydrogens is 348 g/mol. The van der Waals surface area contributed by atoms with Crippen molar-refractivity contribution in [1.29, 1.82) is 0 Å². The quantitative estimate of drug-likeness (QED) is 0.716. The van der Waals surface area contributed by atoms with E-state index in [1.807, 2.05) is 33.0 Å². The van der Waals surface area contributed by atoms with E-state index in [4.69, 9.17) is 4.74 Å². The Kier molecular flexibility index (Phi) is 5.78. The number of ether oxygens (including phenoxy) is 1. The number of aromatic amines is 1. The van der Waals surface area contributed by atoms with Crippen molar-refractivity contribution in [3.05, 3.63) is 29.7 Å². The van der Waals surface area contributed by atoms with Crippen LogP contribution in [-0.2, 0) is 23.0 Å². The number of hydrogen-bond donors (Lipinski definition) is 3. The van der Waals surface area contributed by atoms with Crippen molar-refractivity contribution in [3.63, 3.8) is 0 Å². The number of alkyl carbamates (subject to hydrolysis) is 1. The molecule has 0 bridgehead atoms. The molecule has 0 radical (unpaired) electrons. The van der Waals surface area contributed by atoms with Gasteiger partial charge >= 0.3 is 6.09 Å². The molecule has 2 heterocycles. The Morgan fingerprint density at radius 1 is 1.41 bits per heavy atom. The van der Waals surface area contributed by atoms with Gasteiger partial charge in [-0.1, -0.05) is 0 Å². The van der Waals surface area contributed by atoms with E-state index in [1.165, 1.54) is 0 Å². The van der Waals surface area contributed by atoms with Crippen LogP contribution < -0.4 is 10.6 Å². The number of carbonyl (C=O) groups is 2. The van der Waals surface area contributed by atoms with E-state index in [9.17, 15) is 9.59 Å². The summed E-state index contributed by atoms with van der Waals surface area (Å²) in [6.45, 7) is 3.79. The summed E-state index contributed by atoms with van der Waals surface area (Å²) in [5.74, 6) is 0.563. The second-order valence-electron chi connectivity index (χ2n) is 7.25. The standard InChI is InChI=1S/C18H26N6O3/c1-11(2)19-18(26)27-14-5-4-12(8-14)15-10-16(22-21-15)20-17(25)9-13-6-7-24(3)23-13/h6-7,10-12,14H,4-5,8-9H2,1-3H3,(H,19,26)(H2,20,21,22,25). The first-order valence-corrected chi connectivity index (χ1v) is 9.20. The van der Waals surface area contributed by atoms with Crippen LogP contribution in [0.4, 0.5) is 10.6 Å². The molecule has 1 aliphatic carbocycles. The van der Waals surface area contributed by atoms with E-state index in [-0.39, 0.29) is 36.5 Å². The molecule has 146 valence electrons. The van der Waals surface area contributed by atoms with Crippen LogP contribution in [0.2, 0.25) is 0 Å². The lowest BCUT2D eigenvalue weighted by Crippen LogP contribution is -2.33. The Balaban J connectivity index is 1.49. The van der Waals surface area contributed by atoms with Gasteiger partial charge in [-0.15, -0.1) is 0 Å². The first-order valence-electron chi connectivity index (χ1n) is 9.20. The second kappa shape index (κ2) is 8.24. The van der Waals surface area contributed by atoms with E-state index >= 15 is 0 Å². The largest absolute Gasteiger partial charge is 0.446 e. The molecule has 0 aliphatic heterocycles. The van der Waals surface area contributed by atoms with E-state index in [0.717, 1.165) is 25.0 Å². The van der Waals surface area contributed by atoms with Gasteiger partial charge < -0.3 is 15.4 Å². The highest BCUT2D eigenvalue weighted by molar-refractivity contribution is 5.91. The third-order valence-corrected chi connectivity index (χ3v) is 4.48. The fraction of sp³-hybridized carbons (Fsp3) is 0.556. The topological polar surface area (TPSA) is 114 Å². The predicted molar refractivity (Wildman–Crippen MR) is 99.3 cm³/mol. The number of anilines is 1. The molecule has 2 aromatic heterocycles. The molecule has 0 saturated heterocycles. The zero-order valence-corrected chi connectivity index (χ0v) is 15.9. The van der Waals surface area contributed by atoms with Crippen molar-refractivity contribution >= 4 is 17.8 Å². The highest BCUT2D eigenvalue weighted by atomic mass is 16.6. The van der Waals surface area contributed by atoms with Crippen LogP contribution in [-0.4, -0.2) is 44.1 Å². The molecule has 3 N–H and O–H groups in total. The summed E-state index contributed by atoms with van der Waals surface area (Å²) < 4.78 is 7.11. The average molecular weight is 374 g/mol. The molecule has 9 nitrogen and oxygen atoms in total. The monoisotopic (exact) mass is 374 g/mol. The number of nitrogens with zero attached hydrogens (tertiary/aromatic N) is 3. The number of hydrogen-bond acceptors (Lipinski definition) is 5. The normalized spacial score (nSPS) is 19.3. The lowest BCUT2D eigenvalue weighted by molar-refractivity contribution is -0.115. The smallest absolute Gasteiger partial charge is 0.407 e. The maximum absolute atomic E-state index is 12.1. The summed E-state index contributed by atoms with van der Waals surface area (Å²) in [5.41, 5.74) is 1.65. The molecule has 2 unspecified atom stereocenters. The SMILES string of the molecule is CC(C)NC(=O)OC1CCC(c2cc(NC(=O)Cc3ccn(C)n3)n[nH]2)C1. The van der Waals surface area contributed by atoms with E-state index in [2.05, 4.69) is 25.9 Å². The summed E-state index contributed by atoms with van der Waals surface area (Å²) in [4.78, 5) is 23.8. The Hall–Kier alpha value is -2.84. The van der Waals surface area contributed by atoms with Crippen molar-refractivity contribution in [3.8, 4) is 0 Å². The first kappa shape index (κ1) is 18.9. The number of nitrogens with one attached hydrogen (secondary N) is 3.